The number of carbonyl (C=O) groups is 1. The van der Waals surface area contributed by atoms with Gasteiger partial charge in [-0.15, -0.1) is 0 Å². The molecule has 2 nitrogen and oxygen atoms in total. The number of ether oxygens (including phenoxy) is 1. The highest BCUT2D eigenvalue weighted by molar-refractivity contribution is 6.10. The van der Waals surface area contributed by atoms with Crippen LogP contribution in [0.2, 0.25) is 0 Å². The molecule has 1 aliphatic rings. The summed E-state index contributed by atoms with van der Waals surface area (Å²) < 4.78 is 4.88. The number of aryl methyl sites for hydroxylation is 1. The van der Waals surface area contributed by atoms with Gasteiger partial charge in [0, 0.05) is 11.1 Å². The van der Waals surface area contributed by atoms with Crippen LogP contribution in [-0.2, 0) is 11.2 Å². The van der Waals surface area contributed by atoms with E-state index in [2.05, 4.69) is 0 Å². The van der Waals surface area contributed by atoms with Crippen LogP contribution in [0, 0.1) is 0 Å². The maximum absolute atomic E-state index is 11.9. The van der Waals surface area contributed by atoms with Gasteiger partial charge in [0.15, 0.2) is 5.78 Å². The molecule has 72 valence electrons. The fourth-order valence-corrected chi connectivity index (χ4v) is 1.77. The zero-order valence-electron chi connectivity index (χ0n) is 8.12. The molecule has 0 heterocycles. The number of carbonyl (C=O) groups excluding carboxylic acids is 1. The molecular weight excluding hydrogens is 176 g/mol. The maximum atomic E-state index is 11.9. The molecule has 2 rings (SSSR count). The Morgan fingerprint density at radius 3 is 2.86 bits per heavy atom. The molecule has 0 radical (unpaired) electrons. The lowest BCUT2D eigenvalue weighted by molar-refractivity contribution is 0.102. The van der Waals surface area contributed by atoms with E-state index in [1.807, 2.05) is 24.3 Å². The van der Waals surface area contributed by atoms with Crippen LogP contribution < -0.4 is 0 Å². The van der Waals surface area contributed by atoms with Crippen molar-refractivity contribution in [2.45, 2.75) is 12.8 Å². The van der Waals surface area contributed by atoms with E-state index in [1.54, 1.807) is 13.4 Å². The number of fused-ring (bicyclic) bond motifs is 1. The number of rotatable bonds is 1. The van der Waals surface area contributed by atoms with E-state index in [1.165, 1.54) is 0 Å². The summed E-state index contributed by atoms with van der Waals surface area (Å²) in [5.74, 6) is 0.105. The second-order valence-corrected chi connectivity index (χ2v) is 3.37. The van der Waals surface area contributed by atoms with Crippen molar-refractivity contribution in [3.63, 3.8) is 0 Å². The summed E-state index contributed by atoms with van der Waals surface area (Å²) in [6.07, 6.45) is 3.26. The molecule has 1 aromatic carbocycles. The molecule has 0 atom stereocenters. The lowest BCUT2D eigenvalue weighted by Gasteiger charge is -2.16. The van der Waals surface area contributed by atoms with Gasteiger partial charge in [-0.05, 0) is 18.4 Å². The first kappa shape index (κ1) is 9.00. The molecule has 0 fully saturated rings. The van der Waals surface area contributed by atoms with Crippen LogP contribution in [0.5, 0.6) is 0 Å². The molecule has 14 heavy (non-hydrogen) atoms. The minimum absolute atomic E-state index is 0.105. The minimum Gasteiger partial charge on any atom is -0.504 e. The lowest BCUT2D eigenvalue weighted by atomic mass is 9.88. The zero-order valence-corrected chi connectivity index (χ0v) is 8.12. The van der Waals surface area contributed by atoms with Crippen molar-refractivity contribution < 1.29 is 9.53 Å². The van der Waals surface area contributed by atoms with Gasteiger partial charge in [0.2, 0.25) is 0 Å². The summed E-state index contributed by atoms with van der Waals surface area (Å²) in [7, 11) is 1.57. The van der Waals surface area contributed by atoms with Gasteiger partial charge < -0.3 is 4.74 Å². The summed E-state index contributed by atoms with van der Waals surface area (Å²) in [5.41, 5.74) is 2.74. The van der Waals surface area contributed by atoms with E-state index in [9.17, 15) is 4.79 Å². The Kier molecular flexibility index (Phi) is 2.35. The molecule has 2 heteroatoms. The standard InChI is InChI=1S/C12H12O2/c1-14-8-10-7-6-9-4-2-3-5-11(9)12(10)13/h2-5,8H,6-7H2,1H3/b10-8+. The normalized spacial score (nSPS) is 18.1. The molecule has 0 unspecified atom stereocenters. The Labute approximate surface area is 83.2 Å². The molecular formula is C12H12O2. The molecule has 0 bridgehead atoms. The third kappa shape index (κ3) is 1.43. The van der Waals surface area contributed by atoms with Gasteiger partial charge in [0.25, 0.3) is 0 Å². The number of hydrogen-bond donors (Lipinski definition) is 0. The molecule has 0 amide bonds. The van der Waals surface area contributed by atoms with E-state index in [-0.39, 0.29) is 5.78 Å². The van der Waals surface area contributed by atoms with Crippen molar-refractivity contribution in [1.29, 1.82) is 0 Å². The highest BCUT2D eigenvalue weighted by Crippen LogP contribution is 2.24. The Balaban J connectivity index is 2.41. The smallest absolute Gasteiger partial charge is 0.192 e. The average molecular weight is 188 g/mol. The van der Waals surface area contributed by atoms with Gasteiger partial charge >= 0.3 is 0 Å². The molecule has 0 spiro atoms. The summed E-state index contributed by atoms with van der Waals surface area (Å²) in [6.45, 7) is 0. The van der Waals surface area contributed by atoms with Crippen LogP contribution in [0.15, 0.2) is 36.1 Å². The Bertz CT molecular complexity index is 391. The highest BCUT2D eigenvalue weighted by atomic mass is 16.5. The van der Waals surface area contributed by atoms with Crippen LogP contribution >= 0.6 is 0 Å². The first-order valence-electron chi connectivity index (χ1n) is 4.67. The summed E-state index contributed by atoms with van der Waals surface area (Å²) in [4.78, 5) is 11.9. The lowest BCUT2D eigenvalue weighted by Crippen LogP contribution is -2.14. The van der Waals surface area contributed by atoms with Crippen molar-refractivity contribution in [1.82, 2.24) is 0 Å². The molecule has 0 aromatic heterocycles. The topological polar surface area (TPSA) is 26.3 Å². The summed E-state index contributed by atoms with van der Waals surface area (Å²) in [5, 5.41) is 0. The van der Waals surface area contributed by atoms with E-state index in [4.69, 9.17) is 4.74 Å². The molecule has 0 saturated heterocycles. The van der Waals surface area contributed by atoms with Gasteiger partial charge in [-0.3, -0.25) is 4.79 Å². The quantitative estimate of drug-likeness (QED) is 0.499. The zero-order chi connectivity index (χ0) is 9.97. The predicted molar refractivity (Wildman–Crippen MR) is 54.2 cm³/mol. The van der Waals surface area contributed by atoms with Crippen LogP contribution in [-0.4, -0.2) is 12.9 Å². The number of benzene rings is 1. The first-order valence-corrected chi connectivity index (χ1v) is 4.67. The number of hydrogen-bond acceptors (Lipinski definition) is 2. The van der Waals surface area contributed by atoms with E-state index in [0.717, 1.165) is 29.5 Å². The summed E-state index contributed by atoms with van der Waals surface area (Å²) >= 11 is 0. The van der Waals surface area contributed by atoms with Crippen molar-refractivity contribution in [3.05, 3.63) is 47.2 Å². The van der Waals surface area contributed by atoms with E-state index >= 15 is 0 Å². The Morgan fingerprint density at radius 1 is 1.29 bits per heavy atom. The van der Waals surface area contributed by atoms with Crippen molar-refractivity contribution in [2.24, 2.45) is 0 Å². The van der Waals surface area contributed by atoms with Crippen molar-refractivity contribution >= 4 is 5.78 Å². The molecule has 0 saturated carbocycles. The Hall–Kier alpha value is -1.57. The monoisotopic (exact) mass is 188 g/mol. The van der Waals surface area contributed by atoms with Gasteiger partial charge in [-0.2, -0.15) is 0 Å². The maximum Gasteiger partial charge on any atom is 0.192 e. The fourth-order valence-electron chi connectivity index (χ4n) is 1.77. The SMILES string of the molecule is CO/C=C1\CCc2ccccc2C1=O. The minimum atomic E-state index is 0.105. The largest absolute Gasteiger partial charge is 0.504 e. The van der Waals surface area contributed by atoms with Crippen LogP contribution in [0.1, 0.15) is 22.3 Å². The van der Waals surface area contributed by atoms with Crippen molar-refractivity contribution in [2.75, 3.05) is 7.11 Å². The average Bonchev–Trinajstić information content (AvgIpc) is 2.23. The second-order valence-electron chi connectivity index (χ2n) is 3.37. The Morgan fingerprint density at radius 2 is 2.07 bits per heavy atom. The van der Waals surface area contributed by atoms with Gasteiger partial charge in [-0.25, -0.2) is 0 Å². The molecule has 0 aliphatic heterocycles. The highest BCUT2D eigenvalue weighted by Gasteiger charge is 2.21. The first-order chi connectivity index (χ1) is 6.83. The van der Waals surface area contributed by atoms with Crippen molar-refractivity contribution in [3.8, 4) is 0 Å². The fraction of sp³-hybridized carbons (Fsp3) is 0.250. The third-order valence-electron chi connectivity index (χ3n) is 2.48. The van der Waals surface area contributed by atoms with E-state index < -0.39 is 0 Å². The molecule has 0 N–H and O–H groups in total. The summed E-state index contributed by atoms with van der Waals surface area (Å²) in [6, 6.07) is 7.75. The van der Waals surface area contributed by atoms with Gasteiger partial charge in [0.05, 0.1) is 13.4 Å². The number of Topliss-reactive ketones (excluding diaryl/α,β-unsaturated/α-hetero) is 1. The third-order valence-corrected chi connectivity index (χ3v) is 2.48. The molecule has 1 aromatic rings. The van der Waals surface area contributed by atoms with Gasteiger partial charge in [0.1, 0.15) is 0 Å². The molecule has 1 aliphatic carbocycles. The van der Waals surface area contributed by atoms with Crippen LogP contribution in [0.3, 0.4) is 0 Å². The van der Waals surface area contributed by atoms with Crippen LogP contribution in [0.4, 0.5) is 0 Å². The van der Waals surface area contributed by atoms with E-state index in [0.29, 0.717) is 0 Å². The van der Waals surface area contributed by atoms with Crippen LogP contribution in [0.25, 0.3) is 0 Å². The number of allylic oxidation sites excluding steroid dienone is 1. The predicted octanol–water partition coefficient (Wildman–Crippen LogP) is 2.35. The number of ketones is 1. The second kappa shape index (κ2) is 3.66. The van der Waals surface area contributed by atoms with Gasteiger partial charge in [-0.1, -0.05) is 24.3 Å². The number of methoxy groups -OCH3 is 1.